The largest absolute Gasteiger partial charge is 0.250 e. The van der Waals surface area contributed by atoms with Crippen LogP contribution in [0.3, 0.4) is 0 Å². The predicted molar refractivity (Wildman–Crippen MR) is 49.3 cm³/mol. The second-order valence-electron chi connectivity index (χ2n) is 3.30. The van der Waals surface area contributed by atoms with Gasteiger partial charge in [-0.25, -0.2) is 8.57 Å². The van der Waals surface area contributed by atoms with E-state index in [1.54, 1.807) is 13.3 Å². The molecule has 0 amide bonds. The summed E-state index contributed by atoms with van der Waals surface area (Å²) >= 11 is 0. The maximum absolute atomic E-state index is 11.7. The monoisotopic (exact) mass is 175 g/mol. The Morgan fingerprint density at radius 1 is 1.27 bits per heavy atom. The highest BCUT2D eigenvalue weighted by Crippen LogP contribution is 2.23. The van der Waals surface area contributed by atoms with Crippen LogP contribution in [-0.2, 0) is 9.73 Å². The van der Waals surface area contributed by atoms with Gasteiger partial charge < -0.3 is 0 Å². The summed E-state index contributed by atoms with van der Waals surface area (Å²) in [6.45, 7) is 0. The van der Waals surface area contributed by atoms with Crippen LogP contribution in [0.1, 0.15) is 32.1 Å². The Morgan fingerprint density at radius 2 is 1.82 bits per heavy atom. The van der Waals surface area contributed by atoms with Crippen LogP contribution in [0.15, 0.2) is 4.36 Å². The number of rotatable bonds is 1. The smallest absolute Gasteiger partial charge is 0.0464 e. The summed E-state index contributed by atoms with van der Waals surface area (Å²) in [5.41, 5.74) is 0. The van der Waals surface area contributed by atoms with Gasteiger partial charge in [0.15, 0.2) is 0 Å². The molecule has 0 spiro atoms. The third-order valence-electron chi connectivity index (χ3n) is 2.53. The van der Waals surface area contributed by atoms with Gasteiger partial charge in [-0.05, 0) is 12.8 Å². The van der Waals surface area contributed by atoms with Crippen molar-refractivity contribution in [3.63, 3.8) is 0 Å². The molecule has 0 aliphatic heterocycles. The minimum absolute atomic E-state index is 0.376. The van der Waals surface area contributed by atoms with Gasteiger partial charge in [-0.2, -0.15) is 0 Å². The molecular formula is C8H17NOS. The standard InChI is InChI=1S/C8H17NOS/c1-9-11(2,10)8-6-4-3-5-7-8/h8H,3-7H2,1-2H3. The van der Waals surface area contributed by atoms with Crippen LogP contribution >= 0.6 is 0 Å². The van der Waals surface area contributed by atoms with Crippen LogP contribution in [0.2, 0.25) is 0 Å². The predicted octanol–water partition coefficient (Wildman–Crippen LogP) is 2.05. The Hall–Kier alpha value is -0.0500. The van der Waals surface area contributed by atoms with Crippen molar-refractivity contribution in [2.75, 3.05) is 13.3 Å². The molecule has 0 heterocycles. The van der Waals surface area contributed by atoms with Crippen molar-refractivity contribution in [2.24, 2.45) is 4.36 Å². The fraction of sp³-hybridized carbons (Fsp3) is 1.00. The summed E-state index contributed by atoms with van der Waals surface area (Å²) in [4.78, 5) is 0. The van der Waals surface area contributed by atoms with Crippen molar-refractivity contribution < 1.29 is 4.21 Å². The normalized spacial score (nSPS) is 26.0. The van der Waals surface area contributed by atoms with Gasteiger partial charge in [-0.15, -0.1) is 0 Å². The van der Waals surface area contributed by atoms with Crippen LogP contribution in [0.4, 0.5) is 0 Å². The summed E-state index contributed by atoms with van der Waals surface area (Å²) in [6, 6.07) is 0. The molecule has 1 unspecified atom stereocenters. The molecule has 2 nitrogen and oxygen atoms in total. The minimum atomic E-state index is -1.85. The first-order chi connectivity index (χ1) is 5.17. The van der Waals surface area contributed by atoms with E-state index in [2.05, 4.69) is 4.36 Å². The van der Waals surface area contributed by atoms with E-state index in [1.807, 2.05) is 0 Å². The number of hydrogen-bond acceptors (Lipinski definition) is 2. The zero-order valence-electron chi connectivity index (χ0n) is 7.38. The van der Waals surface area contributed by atoms with Gasteiger partial charge >= 0.3 is 0 Å². The minimum Gasteiger partial charge on any atom is -0.250 e. The van der Waals surface area contributed by atoms with E-state index in [0.717, 1.165) is 12.8 Å². The Balaban J connectivity index is 2.66. The van der Waals surface area contributed by atoms with E-state index in [1.165, 1.54) is 19.3 Å². The quantitative estimate of drug-likeness (QED) is 0.599. The van der Waals surface area contributed by atoms with Gasteiger partial charge in [0.1, 0.15) is 0 Å². The lowest BCUT2D eigenvalue weighted by Crippen LogP contribution is -2.22. The SMILES string of the molecule is CN=S(C)(=O)C1CCCCC1. The molecule has 1 rings (SSSR count). The van der Waals surface area contributed by atoms with Gasteiger partial charge in [-0.3, -0.25) is 0 Å². The molecule has 3 heteroatoms. The average Bonchev–Trinajstić information content (AvgIpc) is 2.06. The van der Waals surface area contributed by atoms with Crippen LogP contribution in [0.5, 0.6) is 0 Å². The van der Waals surface area contributed by atoms with Crippen molar-refractivity contribution in [1.82, 2.24) is 0 Å². The molecule has 1 aliphatic rings. The van der Waals surface area contributed by atoms with Crippen molar-refractivity contribution in [2.45, 2.75) is 37.4 Å². The van der Waals surface area contributed by atoms with Crippen LogP contribution in [-0.4, -0.2) is 22.8 Å². The third kappa shape index (κ3) is 2.19. The van der Waals surface area contributed by atoms with E-state index in [0.29, 0.717) is 5.25 Å². The first-order valence-corrected chi connectivity index (χ1v) is 6.24. The van der Waals surface area contributed by atoms with Crippen molar-refractivity contribution in [1.29, 1.82) is 0 Å². The third-order valence-corrected chi connectivity index (χ3v) is 4.97. The highest BCUT2D eigenvalue weighted by Gasteiger charge is 2.20. The second-order valence-corrected chi connectivity index (χ2v) is 6.06. The fourth-order valence-corrected chi connectivity index (χ4v) is 3.16. The molecule has 0 radical (unpaired) electrons. The van der Waals surface area contributed by atoms with E-state index in [-0.39, 0.29) is 0 Å². The highest BCUT2D eigenvalue weighted by molar-refractivity contribution is 7.93. The summed E-state index contributed by atoms with van der Waals surface area (Å²) < 4.78 is 15.7. The van der Waals surface area contributed by atoms with Gasteiger partial charge in [-0.1, -0.05) is 19.3 Å². The van der Waals surface area contributed by atoms with Crippen molar-refractivity contribution in [3.05, 3.63) is 0 Å². The molecule has 0 bridgehead atoms. The summed E-state index contributed by atoms with van der Waals surface area (Å²) in [5.74, 6) is 0. The molecule has 0 saturated heterocycles. The maximum Gasteiger partial charge on any atom is 0.0464 e. The van der Waals surface area contributed by atoms with Crippen LogP contribution in [0.25, 0.3) is 0 Å². The maximum atomic E-state index is 11.7. The lowest BCUT2D eigenvalue weighted by Gasteiger charge is -2.22. The van der Waals surface area contributed by atoms with Crippen LogP contribution in [0, 0.1) is 0 Å². The first kappa shape index (κ1) is 9.04. The highest BCUT2D eigenvalue weighted by atomic mass is 32.2. The molecule has 1 aliphatic carbocycles. The molecule has 0 aromatic rings. The Kier molecular flexibility index (Phi) is 2.93. The molecule has 66 valence electrons. The Morgan fingerprint density at radius 3 is 2.27 bits per heavy atom. The molecule has 1 atom stereocenters. The van der Waals surface area contributed by atoms with Gasteiger partial charge in [0.05, 0.1) is 0 Å². The van der Waals surface area contributed by atoms with Gasteiger partial charge in [0, 0.05) is 28.3 Å². The van der Waals surface area contributed by atoms with E-state index in [4.69, 9.17) is 0 Å². The van der Waals surface area contributed by atoms with Crippen molar-refractivity contribution >= 4 is 9.73 Å². The molecule has 11 heavy (non-hydrogen) atoms. The lowest BCUT2D eigenvalue weighted by atomic mass is 10.0. The number of nitrogens with zero attached hydrogens (tertiary/aromatic N) is 1. The molecule has 0 aromatic heterocycles. The molecule has 1 fully saturated rings. The van der Waals surface area contributed by atoms with Gasteiger partial charge in [0.2, 0.25) is 0 Å². The number of hydrogen-bond donors (Lipinski definition) is 0. The van der Waals surface area contributed by atoms with Crippen molar-refractivity contribution in [3.8, 4) is 0 Å². The molecule has 1 saturated carbocycles. The lowest BCUT2D eigenvalue weighted by molar-refractivity contribution is 0.503. The summed E-state index contributed by atoms with van der Waals surface area (Å²) in [6.07, 6.45) is 7.83. The van der Waals surface area contributed by atoms with Crippen LogP contribution < -0.4 is 0 Å². The Labute approximate surface area is 69.6 Å². The molecular weight excluding hydrogens is 158 g/mol. The molecule has 0 aromatic carbocycles. The van der Waals surface area contributed by atoms with E-state index >= 15 is 0 Å². The second kappa shape index (κ2) is 3.57. The van der Waals surface area contributed by atoms with E-state index in [9.17, 15) is 4.21 Å². The van der Waals surface area contributed by atoms with Gasteiger partial charge in [0.25, 0.3) is 0 Å². The summed E-state index contributed by atoms with van der Waals surface area (Å²) in [5, 5.41) is 0.376. The Bertz CT molecular complexity index is 222. The fourth-order valence-electron chi connectivity index (χ4n) is 1.65. The first-order valence-electron chi connectivity index (χ1n) is 4.26. The molecule has 0 N–H and O–H groups in total. The topological polar surface area (TPSA) is 29.4 Å². The zero-order chi connectivity index (χ0) is 8.32. The van der Waals surface area contributed by atoms with E-state index < -0.39 is 9.73 Å². The zero-order valence-corrected chi connectivity index (χ0v) is 8.19. The average molecular weight is 175 g/mol. The summed E-state index contributed by atoms with van der Waals surface area (Å²) in [7, 11) is -0.169.